The molecule has 4 atom stereocenters. The van der Waals surface area contributed by atoms with Crippen molar-refractivity contribution in [1.29, 1.82) is 0 Å². The molecular formula is C22H32N2O8S6. The molecule has 2 aliphatic heterocycles. The van der Waals surface area contributed by atoms with Crippen molar-refractivity contribution < 1.29 is 39.0 Å². The summed E-state index contributed by atoms with van der Waals surface area (Å²) in [5, 5.41) is 18.5. The van der Waals surface area contributed by atoms with Crippen molar-refractivity contribution in [2.75, 3.05) is 34.5 Å². The number of amides is 2. The lowest BCUT2D eigenvalue weighted by atomic mass is 10.2. The summed E-state index contributed by atoms with van der Waals surface area (Å²) in [6, 6.07) is -1.75. The van der Waals surface area contributed by atoms with E-state index < -0.39 is 24.0 Å². The lowest BCUT2D eigenvalue weighted by Crippen LogP contribution is -2.46. The summed E-state index contributed by atoms with van der Waals surface area (Å²) >= 11 is 5.17. The average molecular weight is 645 g/mol. The summed E-state index contributed by atoms with van der Waals surface area (Å²) in [5.74, 6) is 0.0276. The lowest BCUT2D eigenvalue weighted by molar-refractivity contribution is -0.149. The van der Waals surface area contributed by atoms with Gasteiger partial charge in [0.2, 0.25) is 11.8 Å². The van der Waals surface area contributed by atoms with Crippen LogP contribution in [0.15, 0.2) is 0 Å². The summed E-state index contributed by atoms with van der Waals surface area (Å²) in [7, 11) is 2.83. The predicted octanol–water partition coefficient (Wildman–Crippen LogP) is 3.20. The molecule has 2 unspecified atom stereocenters. The lowest BCUT2D eigenvalue weighted by Gasteiger charge is -2.27. The molecule has 2 rings (SSSR count). The van der Waals surface area contributed by atoms with E-state index >= 15 is 0 Å². The van der Waals surface area contributed by atoms with Gasteiger partial charge < -0.3 is 20.0 Å². The molecule has 0 saturated carbocycles. The minimum absolute atomic E-state index is 0.0166. The van der Waals surface area contributed by atoms with Crippen LogP contribution in [0.1, 0.15) is 39.5 Å². The number of hydrogen-bond donors (Lipinski definition) is 2. The number of carbonyl (C=O) groups excluding carboxylic acids is 4. The normalized spacial score (nSPS) is 23.0. The number of thioether (sulfide) groups is 4. The summed E-state index contributed by atoms with van der Waals surface area (Å²) in [6.07, 6.45) is 1.39. The van der Waals surface area contributed by atoms with Crippen LogP contribution in [0.2, 0.25) is 0 Å². The molecule has 2 heterocycles. The summed E-state index contributed by atoms with van der Waals surface area (Å²) in [6.45, 7) is 2.95. The van der Waals surface area contributed by atoms with Crippen LogP contribution in [-0.4, -0.2) is 111 Å². The second-order valence-corrected chi connectivity index (χ2v) is 16.0. The first-order valence-corrected chi connectivity index (χ1v) is 18.4. The number of carbonyl (C=O) groups is 6. The number of aliphatic carboxylic acids is 2. The third-order valence-electron chi connectivity index (χ3n) is 5.55. The van der Waals surface area contributed by atoms with Crippen molar-refractivity contribution in [2.45, 2.75) is 62.4 Å². The van der Waals surface area contributed by atoms with E-state index in [0.29, 0.717) is 47.4 Å². The maximum absolute atomic E-state index is 12.9. The van der Waals surface area contributed by atoms with E-state index in [9.17, 15) is 39.0 Å². The van der Waals surface area contributed by atoms with Gasteiger partial charge in [0.25, 0.3) is 0 Å². The van der Waals surface area contributed by atoms with Crippen molar-refractivity contribution in [3.8, 4) is 0 Å². The molecule has 2 N–H and O–H groups in total. The van der Waals surface area contributed by atoms with Crippen molar-refractivity contribution in [3.63, 3.8) is 0 Å². The van der Waals surface area contributed by atoms with Crippen molar-refractivity contribution >= 4 is 103 Å². The van der Waals surface area contributed by atoms with Gasteiger partial charge in [-0.05, 0) is 12.8 Å². The Labute approximate surface area is 247 Å². The van der Waals surface area contributed by atoms with E-state index in [-0.39, 0.29) is 45.6 Å². The van der Waals surface area contributed by atoms with Crippen molar-refractivity contribution in [1.82, 2.24) is 9.80 Å². The highest BCUT2D eigenvalue weighted by molar-refractivity contribution is 8.76. The maximum atomic E-state index is 12.9. The number of carboxylic acids is 2. The zero-order valence-electron chi connectivity index (χ0n) is 21.1. The Morgan fingerprint density at radius 2 is 1.05 bits per heavy atom. The van der Waals surface area contributed by atoms with Gasteiger partial charge in [-0.1, -0.05) is 45.1 Å². The Kier molecular flexibility index (Phi) is 15.2. The van der Waals surface area contributed by atoms with Crippen LogP contribution in [0.25, 0.3) is 0 Å². The van der Waals surface area contributed by atoms with Crippen LogP contribution < -0.4 is 0 Å². The Morgan fingerprint density at radius 1 is 0.684 bits per heavy atom. The molecule has 0 aromatic rings. The zero-order valence-corrected chi connectivity index (χ0v) is 26.0. The second-order valence-electron chi connectivity index (χ2n) is 8.29. The molecule has 38 heavy (non-hydrogen) atoms. The maximum Gasteiger partial charge on any atom is 0.327 e. The number of rotatable bonds is 15. The largest absolute Gasteiger partial charge is 0.480 e. The number of hydrogen-bond acceptors (Lipinski definition) is 12. The predicted molar refractivity (Wildman–Crippen MR) is 159 cm³/mol. The molecule has 10 nitrogen and oxygen atoms in total. The summed E-state index contributed by atoms with van der Waals surface area (Å²) in [5.41, 5.74) is 0. The highest BCUT2D eigenvalue weighted by atomic mass is 33.1. The quantitative estimate of drug-likeness (QED) is 0.198. The van der Waals surface area contributed by atoms with Crippen molar-refractivity contribution in [2.24, 2.45) is 0 Å². The third kappa shape index (κ3) is 10.7. The molecule has 0 aromatic carbocycles. The van der Waals surface area contributed by atoms with E-state index in [1.807, 2.05) is 0 Å². The van der Waals surface area contributed by atoms with Crippen LogP contribution >= 0.6 is 68.6 Å². The molecule has 2 saturated heterocycles. The fourth-order valence-corrected chi connectivity index (χ4v) is 10.2. The van der Waals surface area contributed by atoms with Gasteiger partial charge in [-0.25, -0.2) is 9.59 Å². The standard InChI is InChI=1S/C22H32N2O8S6/c1-13(25)33-7-5-19-23(15(11-35-19)21(29)30)17(27)3-9-37-38-10-4-18(28)24-16(22(31)32)12-36-20(24)6-8-34-14(2)26/h15-16,19-20H,3-12H2,1-2H3,(H,29,30)(H,31,32)/t15-,16-,19?,20?/m0/s1. The fourth-order valence-electron chi connectivity index (χ4n) is 3.86. The summed E-state index contributed by atoms with van der Waals surface area (Å²) < 4.78 is 0. The first-order valence-electron chi connectivity index (χ1n) is 11.8. The molecule has 0 radical (unpaired) electrons. The highest BCUT2D eigenvalue weighted by Gasteiger charge is 2.42. The third-order valence-corrected chi connectivity index (χ3v) is 12.4. The highest BCUT2D eigenvalue weighted by Crippen LogP contribution is 2.35. The molecule has 16 heteroatoms. The van der Waals surface area contributed by atoms with Crippen LogP contribution in [0, 0.1) is 0 Å². The Balaban J connectivity index is 1.77. The molecule has 0 spiro atoms. The first-order chi connectivity index (χ1) is 18.0. The van der Waals surface area contributed by atoms with Gasteiger partial charge in [0.1, 0.15) is 12.1 Å². The van der Waals surface area contributed by atoms with Gasteiger partial charge >= 0.3 is 11.9 Å². The average Bonchev–Trinajstić information content (AvgIpc) is 3.45. The molecule has 2 fully saturated rings. The van der Waals surface area contributed by atoms with Crippen LogP contribution in [-0.2, 0) is 28.8 Å². The van der Waals surface area contributed by atoms with Crippen LogP contribution in [0.3, 0.4) is 0 Å². The van der Waals surface area contributed by atoms with E-state index in [0.717, 1.165) is 23.5 Å². The van der Waals surface area contributed by atoms with E-state index in [1.54, 1.807) is 0 Å². The van der Waals surface area contributed by atoms with Gasteiger partial charge in [-0.2, -0.15) is 0 Å². The fraction of sp³-hybridized carbons (Fsp3) is 0.727. The minimum Gasteiger partial charge on any atom is -0.480 e. The van der Waals surface area contributed by atoms with Gasteiger partial charge in [-0.3, -0.25) is 19.2 Å². The van der Waals surface area contributed by atoms with Crippen molar-refractivity contribution in [3.05, 3.63) is 0 Å². The summed E-state index contributed by atoms with van der Waals surface area (Å²) in [4.78, 5) is 74.2. The molecular weight excluding hydrogens is 613 g/mol. The smallest absolute Gasteiger partial charge is 0.327 e. The molecule has 0 aliphatic carbocycles. The van der Waals surface area contributed by atoms with E-state index in [4.69, 9.17) is 0 Å². The zero-order chi connectivity index (χ0) is 28.2. The molecule has 2 aliphatic rings. The van der Waals surface area contributed by atoms with Gasteiger partial charge in [0.05, 0.1) is 10.7 Å². The van der Waals surface area contributed by atoms with Gasteiger partial charge in [0, 0.05) is 61.2 Å². The Morgan fingerprint density at radius 3 is 1.37 bits per heavy atom. The first kappa shape index (κ1) is 33.5. The SMILES string of the molecule is CC(=O)SCCC1SC[C@@H](C(=O)O)N1C(=O)CCSSCCC(=O)N1C(CCSC(C)=O)SC[C@H]1C(=O)O. The van der Waals surface area contributed by atoms with Crippen LogP contribution in [0.5, 0.6) is 0 Å². The monoisotopic (exact) mass is 644 g/mol. The molecule has 2 amide bonds. The number of nitrogens with zero attached hydrogens (tertiary/aromatic N) is 2. The molecule has 214 valence electrons. The molecule has 0 bridgehead atoms. The van der Waals surface area contributed by atoms with Gasteiger partial charge in [0.15, 0.2) is 10.2 Å². The molecule has 0 aromatic heterocycles. The van der Waals surface area contributed by atoms with Crippen LogP contribution in [0.4, 0.5) is 0 Å². The Bertz CT molecular complexity index is 824. The van der Waals surface area contributed by atoms with E-state index in [2.05, 4.69) is 0 Å². The Hall–Kier alpha value is -0.680. The van der Waals surface area contributed by atoms with E-state index in [1.165, 1.54) is 68.8 Å². The van der Waals surface area contributed by atoms with Gasteiger partial charge in [-0.15, -0.1) is 23.5 Å². The minimum atomic E-state index is -1.04. The number of carboxylic acid groups (broad SMARTS) is 2. The second kappa shape index (κ2) is 17.2. The topological polar surface area (TPSA) is 149 Å².